The third-order valence-corrected chi connectivity index (χ3v) is 10.2. The highest BCUT2D eigenvalue weighted by atomic mass is 35.5. The molecule has 1 N–H and O–H groups in total. The molecule has 0 spiro atoms. The summed E-state index contributed by atoms with van der Waals surface area (Å²) in [7, 11) is 0. The number of carbonyl (C=O) groups is 1. The number of ether oxygens (including phenoxy) is 2. The Morgan fingerprint density at radius 2 is 2.00 bits per heavy atom. The van der Waals surface area contributed by atoms with E-state index in [0.717, 1.165) is 89.6 Å². The zero-order valence-electron chi connectivity index (χ0n) is 25.9. The van der Waals surface area contributed by atoms with Crippen molar-refractivity contribution in [2.75, 3.05) is 64.0 Å². The van der Waals surface area contributed by atoms with Crippen molar-refractivity contribution in [2.24, 2.45) is 0 Å². The molecule has 3 saturated heterocycles. The molecule has 3 aliphatic heterocycles. The van der Waals surface area contributed by atoms with Crippen molar-refractivity contribution in [3.8, 4) is 11.1 Å². The van der Waals surface area contributed by atoms with Crippen LogP contribution in [0.4, 0.5) is 5.82 Å². The van der Waals surface area contributed by atoms with Gasteiger partial charge in [-0.05, 0) is 57.7 Å². The number of piperidine rings is 1. The van der Waals surface area contributed by atoms with Gasteiger partial charge in [0.15, 0.2) is 5.82 Å². The molecule has 1 amide bonds. The van der Waals surface area contributed by atoms with Gasteiger partial charge in [0, 0.05) is 61.5 Å². The zero-order chi connectivity index (χ0) is 30.3. The molecule has 2 aromatic heterocycles. The summed E-state index contributed by atoms with van der Waals surface area (Å²) in [5.74, 6) is 0.964. The fourth-order valence-electron chi connectivity index (χ4n) is 7.15. The lowest BCUT2D eigenvalue weighted by Gasteiger charge is -2.50. The van der Waals surface area contributed by atoms with Gasteiger partial charge >= 0.3 is 0 Å². The molecule has 5 heterocycles. The van der Waals surface area contributed by atoms with Crippen LogP contribution in [0.1, 0.15) is 50.4 Å². The first-order valence-electron chi connectivity index (χ1n) is 15.6. The Morgan fingerprint density at radius 1 is 1.21 bits per heavy atom. The third kappa shape index (κ3) is 5.59. The molecule has 0 radical (unpaired) electrons. The number of rotatable bonds is 7. The summed E-state index contributed by atoms with van der Waals surface area (Å²) in [5.41, 5.74) is 4.95. The molecular formula is C32H44ClN7O3. The van der Waals surface area contributed by atoms with Crippen LogP contribution in [0.5, 0.6) is 0 Å². The van der Waals surface area contributed by atoms with Crippen molar-refractivity contribution < 1.29 is 14.3 Å². The standard InChI is InChI=1S/C32H44ClN7O3/c1-6-27(41)38-10-8-23(9-11-38)40-22(4)28(29-25-17-34-35-26(25)16-21(3)30(29)33)31(36-40)39-13-12-37(20-32(39,5)7-2)18-24-19-42-14-15-43-24/h6,16-17,23-24H,1,7-15,18-20H2,2-5H3,(H,34,35)/t24-,32-/m0/s1. The quantitative estimate of drug-likeness (QED) is 0.387. The van der Waals surface area contributed by atoms with Crippen molar-refractivity contribution in [1.29, 1.82) is 0 Å². The van der Waals surface area contributed by atoms with Gasteiger partial charge in [-0.25, -0.2) is 0 Å². The minimum absolute atomic E-state index is 0.00678. The number of H-pyrrole nitrogens is 1. The Morgan fingerprint density at radius 3 is 2.70 bits per heavy atom. The van der Waals surface area contributed by atoms with Crippen LogP contribution in [0.3, 0.4) is 0 Å². The largest absolute Gasteiger partial charge is 0.376 e. The van der Waals surface area contributed by atoms with E-state index in [2.05, 4.69) is 58.1 Å². The molecule has 3 fully saturated rings. The molecule has 0 aliphatic carbocycles. The van der Waals surface area contributed by atoms with Crippen molar-refractivity contribution in [3.63, 3.8) is 0 Å². The van der Waals surface area contributed by atoms with Crippen LogP contribution in [0.25, 0.3) is 22.0 Å². The monoisotopic (exact) mass is 609 g/mol. The number of nitrogens with zero attached hydrogens (tertiary/aromatic N) is 6. The molecule has 6 rings (SSSR count). The number of carbonyl (C=O) groups excluding carboxylic acids is 1. The number of anilines is 1. The number of piperazine rings is 1. The van der Waals surface area contributed by atoms with Crippen LogP contribution in [-0.2, 0) is 14.3 Å². The van der Waals surface area contributed by atoms with Crippen molar-refractivity contribution >= 4 is 34.2 Å². The Labute approximate surface area is 258 Å². The number of hydrogen-bond donors (Lipinski definition) is 1. The average molecular weight is 610 g/mol. The molecule has 3 aliphatic rings. The number of fused-ring (bicyclic) bond motifs is 1. The van der Waals surface area contributed by atoms with Crippen LogP contribution in [0, 0.1) is 13.8 Å². The van der Waals surface area contributed by atoms with Gasteiger partial charge in [0.05, 0.1) is 54.2 Å². The number of hydrogen-bond acceptors (Lipinski definition) is 7. The minimum Gasteiger partial charge on any atom is -0.376 e. The molecule has 0 bridgehead atoms. The molecule has 10 nitrogen and oxygen atoms in total. The maximum atomic E-state index is 12.3. The lowest BCUT2D eigenvalue weighted by Crippen LogP contribution is -2.62. The summed E-state index contributed by atoms with van der Waals surface area (Å²) in [6.45, 7) is 19.4. The predicted molar refractivity (Wildman–Crippen MR) is 170 cm³/mol. The van der Waals surface area contributed by atoms with Gasteiger partial charge in [-0.2, -0.15) is 10.2 Å². The highest BCUT2D eigenvalue weighted by molar-refractivity contribution is 6.36. The average Bonchev–Trinajstić information content (AvgIpc) is 3.62. The van der Waals surface area contributed by atoms with Crippen molar-refractivity contribution in [2.45, 2.75) is 64.6 Å². The van der Waals surface area contributed by atoms with E-state index in [4.69, 9.17) is 26.2 Å². The number of amides is 1. The summed E-state index contributed by atoms with van der Waals surface area (Å²) < 4.78 is 13.9. The second kappa shape index (κ2) is 12.2. The second-order valence-electron chi connectivity index (χ2n) is 12.5. The predicted octanol–water partition coefficient (Wildman–Crippen LogP) is 4.75. The zero-order valence-corrected chi connectivity index (χ0v) is 26.6. The number of aryl methyl sites for hydroxylation is 1. The Hall–Kier alpha value is -2.92. The maximum Gasteiger partial charge on any atom is 0.245 e. The lowest BCUT2D eigenvalue weighted by molar-refractivity contribution is -0.127. The number of likely N-dealkylation sites (tertiary alicyclic amines) is 1. The van der Waals surface area contributed by atoms with Crippen LogP contribution in [0.15, 0.2) is 24.9 Å². The van der Waals surface area contributed by atoms with E-state index in [1.165, 1.54) is 6.08 Å². The van der Waals surface area contributed by atoms with Gasteiger partial charge < -0.3 is 19.3 Å². The Bertz CT molecular complexity index is 1490. The summed E-state index contributed by atoms with van der Waals surface area (Å²) in [6, 6.07) is 2.24. The molecule has 11 heteroatoms. The van der Waals surface area contributed by atoms with E-state index in [1.54, 1.807) is 0 Å². The van der Waals surface area contributed by atoms with E-state index in [1.807, 2.05) is 18.0 Å². The Balaban J connectivity index is 1.41. The summed E-state index contributed by atoms with van der Waals surface area (Å²) >= 11 is 7.16. The van der Waals surface area contributed by atoms with E-state index in [-0.39, 0.29) is 23.6 Å². The SMILES string of the molecule is C=CC(=O)N1CCC(n2nc(N3CCN(C[C@H]4COCCO4)C[C@]3(C)CC)c(-c3c(Cl)c(C)cc4[nH]ncc34)c2C)CC1. The van der Waals surface area contributed by atoms with E-state index in [0.29, 0.717) is 32.9 Å². The van der Waals surface area contributed by atoms with Gasteiger partial charge in [-0.15, -0.1) is 0 Å². The highest BCUT2D eigenvalue weighted by Crippen LogP contribution is 2.46. The van der Waals surface area contributed by atoms with Crippen LogP contribution < -0.4 is 4.90 Å². The molecule has 0 unspecified atom stereocenters. The molecule has 3 aromatic rings. The van der Waals surface area contributed by atoms with E-state index in [9.17, 15) is 4.79 Å². The van der Waals surface area contributed by atoms with Gasteiger partial charge in [0.25, 0.3) is 0 Å². The van der Waals surface area contributed by atoms with Crippen molar-refractivity contribution in [1.82, 2.24) is 29.8 Å². The molecule has 2 atom stereocenters. The van der Waals surface area contributed by atoms with E-state index >= 15 is 0 Å². The maximum absolute atomic E-state index is 12.3. The molecule has 43 heavy (non-hydrogen) atoms. The van der Waals surface area contributed by atoms with Gasteiger partial charge in [-0.1, -0.05) is 25.1 Å². The number of benzene rings is 1. The molecule has 1 aromatic carbocycles. The van der Waals surface area contributed by atoms with Gasteiger partial charge in [0.2, 0.25) is 5.91 Å². The third-order valence-electron chi connectivity index (χ3n) is 9.76. The van der Waals surface area contributed by atoms with Crippen LogP contribution in [-0.4, -0.2) is 106 Å². The smallest absolute Gasteiger partial charge is 0.245 e. The molecule has 232 valence electrons. The topological polar surface area (TPSA) is 91.8 Å². The minimum atomic E-state index is -0.153. The van der Waals surface area contributed by atoms with Crippen LogP contribution >= 0.6 is 11.6 Å². The fraction of sp³-hybridized carbons (Fsp3) is 0.594. The number of halogens is 1. The first-order valence-corrected chi connectivity index (χ1v) is 15.9. The Kier molecular flexibility index (Phi) is 8.56. The van der Waals surface area contributed by atoms with E-state index < -0.39 is 0 Å². The first-order chi connectivity index (χ1) is 20.7. The summed E-state index contributed by atoms with van der Waals surface area (Å²) in [5, 5.41) is 14.7. The highest BCUT2D eigenvalue weighted by Gasteiger charge is 2.41. The van der Waals surface area contributed by atoms with Gasteiger partial charge in [-0.3, -0.25) is 19.5 Å². The number of aromatic amines is 1. The fourth-order valence-corrected chi connectivity index (χ4v) is 7.40. The molecule has 0 saturated carbocycles. The number of aromatic nitrogens is 4. The normalized spacial score (nSPS) is 24.2. The van der Waals surface area contributed by atoms with Gasteiger partial charge in [0.1, 0.15) is 0 Å². The molecular weight excluding hydrogens is 566 g/mol. The first kappa shape index (κ1) is 30.1. The van der Waals surface area contributed by atoms with Crippen LogP contribution in [0.2, 0.25) is 5.02 Å². The van der Waals surface area contributed by atoms with Crippen molar-refractivity contribution in [3.05, 3.63) is 41.2 Å². The number of nitrogens with one attached hydrogen (secondary N) is 1. The summed E-state index contributed by atoms with van der Waals surface area (Å²) in [6.07, 6.45) is 6.03. The summed E-state index contributed by atoms with van der Waals surface area (Å²) in [4.78, 5) is 19.2. The second-order valence-corrected chi connectivity index (χ2v) is 12.9. The lowest BCUT2D eigenvalue weighted by atomic mass is 9.91.